The van der Waals surface area contributed by atoms with Gasteiger partial charge in [0.1, 0.15) is 11.9 Å². The van der Waals surface area contributed by atoms with Crippen molar-refractivity contribution in [1.82, 2.24) is 15.5 Å². The maximum atomic E-state index is 12.8. The fraction of sp³-hybridized carbons (Fsp3) is 0.526. The number of nitrogens with two attached hydrogens (primary N) is 1. The molecule has 0 aliphatic carbocycles. The van der Waals surface area contributed by atoms with E-state index in [0.717, 1.165) is 18.3 Å². The number of rotatable bonds is 10. The van der Waals surface area contributed by atoms with Gasteiger partial charge in [0.15, 0.2) is 0 Å². The smallest absolute Gasteiger partial charge is 0.417 e. The first-order chi connectivity index (χ1) is 15.5. The van der Waals surface area contributed by atoms with Crippen LogP contribution in [0.2, 0.25) is 5.02 Å². The number of amides is 1. The van der Waals surface area contributed by atoms with Crippen molar-refractivity contribution in [3.8, 4) is 5.75 Å². The molecule has 33 heavy (non-hydrogen) atoms. The molecule has 0 radical (unpaired) electrons. The molecule has 5 N–H and O–H groups in total. The zero-order valence-electron chi connectivity index (χ0n) is 17.5. The topological polar surface area (TPSA) is 143 Å². The highest BCUT2D eigenvalue weighted by atomic mass is 35.5. The zero-order valence-corrected chi connectivity index (χ0v) is 18.2. The molecule has 0 bridgehead atoms. The van der Waals surface area contributed by atoms with Gasteiger partial charge in [0.2, 0.25) is 5.91 Å². The Balaban J connectivity index is 1.76. The van der Waals surface area contributed by atoms with Crippen LogP contribution in [0.4, 0.5) is 13.2 Å². The number of nitro groups is 1. The molecule has 1 aliphatic heterocycles. The SMILES string of the molecule is N/C(=C\NCC(CO)NC(=O)CN1CCC(Oc2ccc(C(F)(F)F)c(Cl)c2)CC1)[N+](=O)[O-]. The molecule has 1 unspecified atom stereocenters. The number of carbonyl (C=O) groups excluding carboxylic acids is 1. The Bertz CT molecular complexity index is 863. The minimum absolute atomic E-state index is 0.0440. The monoisotopic (exact) mass is 495 g/mol. The molecule has 1 aliphatic rings. The highest BCUT2D eigenvalue weighted by molar-refractivity contribution is 6.31. The number of alkyl halides is 3. The number of nitrogens with zero attached hydrogens (tertiary/aromatic N) is 2. The van der Waals surface area contributed by atoms with E-state index in [-0.39, 0.29) is 37.5 Å². The molecule has 2 rings (SSSR count). The summed E-state index contributed by atoms with van der Waals surface area (Å²) in [6.07, 6.45) is -2.68. The van der Waals surface area contributed by atoms with Crippen LogP contribution in [0.25, 0.3) is 0 Å². The molecule has 10 nitrogen and oxygen atoms in total. The third-order valence-electron chi connectivity index (χ3n) is 4.86. The summed E-state index contributed by atoms with van der Waals surface area (Å²) in [6.45, 7) is 0.786. The van der Waals surface area contributed by atoms with Crippen molar-refractivity contribution < 1.29 is 32.7 Å². The number of likely N-dealkylation sites (tertiary alicyclic amines) is 1. The number of benzene rings is 1. The van der Waals surface area contributed by atoms with E-state index in [1.807, 2.05) is 4.90 Å². The van der Waals surface area contributed by atoms with E-state index < -0.39 is 33.5 Å². The van der Waals surface area contributed by atoms with Gasteiger partial charge in [-0.3, -0.25) is 15.4 Å². The van der Waals surface area contributed by atoms with Gasteiger partial charge in [-0.25, -0.2) is 0 Å². The van der Waals surface area contributed by atoms with Gasteiger partial charge in [-0.1, -0.05) is 11.6 Å². The molecule has 1 heterocycles. The van der Waals surface area contributed by atoms with Crippen LogP contribution < -0.4 is 21.1 Å². The van der Waals surface area contributed by atoms with E-state index in [1.54, 1.807) is 0 Å². The molecule has 1 atom stereocenters. The van der Waals surface area contributed by atoms with Crippen molar-refractivity contribution in [2.45, 2.75) is 31.2 Å². The van der Waals surface area contributed by atoms with Crippen molar-refractivity contribution >= 4 is 17.5 Å². The van der Waals surface area contributed by atoms with Gasteiger partial charge in [-0.2, -0.15) is 13.2 Å². The summed E-state index contributed by atoms with van der Waals surface area (Å²) in [4.78, 5) is 23.8. The fourth-order valence-electron chi connectivity index (χ4n) is 3.17. The third kappa shape index (κ3) is 8.59. The molecule has 0 spiro atoms. The van der Waals surface area contributed by atoms with Crippen molar-refractivity contribution in [2.75, 3.05) is 32.8 Å². The van der Waals surface area contributed by atoms with Crippen LogP contribution in [0.5, 0.6) is 5.75 Å². The van der Waals surface area contributed by atoms with Crippen molar-refractivity contribution in [2.24, 2.45) is 5.73 Å². The minimum atomic E-state index is -4.54. The lowest BCUT2D eigenvalue weighted by atomic mass is 10.1. The number of carbonyl (C=O) groups is 1. The van der Waals surface area contributed by atoms with Gasteiger partial charge in [0.25, 0.3) is 0 Å². The Labute approximate surface area is 192 Å². The van der Waals surface area contributed by atoms with Gasteiger partial charge in [-0.05, 0) is 36.0 Å². The Morgan fingerprint density at radius 2 is 2.09 bits per heavy atom. The van der Waals surface area contributed by atoms with Crippen molar-refractivity contribution in [1.29, 1.82) is 0 Å². The summed E-state index contributed by atoms with van der Waals surface area (Å²) >= 11 is 5.71. The summed E-state index contributed by atoms with van der Waals surface area (Å²) in [5, 5.41) is 24.5. The number of hydrogen-bond acceptors (Lipinski definition) is 8. The molecule has 0 aromatic heterocycles. The largest absolute Gasteiger partial charge is 0.490 e. The van der Waals surface area contributed by atoms with E-state index >= 15 is 0 Å². The van der Waals surface area contributed by atoms with E-state index in [9.17, 15) is 33.2 Å². The highest BCUT2D eigenvalue weighted by Gasteiger charge is 2.33. The molecular weight excluding hydrogens is 471 g/mol. The van der Waals surface area contributed by atoms with Gasteiger partial charge >= 0.3 is 12.0 Å². The first kappa shape index (κ1) is 26.5. The van der Waals surface area contributed by atoms with Crippen molar-refractivity contribution in [3.63, 3.8) is 0 Å². The summed E-state index contributed by atoms with van der Waals surface area (Å²) in [5.41, 5.74) is 4.22. The normalized spacial score (nSPS) is 16.8. The Hall–Kier alpha value is -2.77. The lowest BCUT2D eigenvalue weighted by Gasteiger charge is -2.32. The number of aliphatic hydroxyl groups is 1. The molecular formula is C19H25ClF3N5O5. The Morgan fingerprint density at radius 1 is 1.42 bits per heavy atom. The van der Waals surface area contributed by atoms with Gasteiger partial charge in [0.05, 0.1) is 36.0 Å². The van der Waals surface area contributed by atoms with Crippen LogP contribution in [0, 0.1) is 10.1 Å². The number of piperidine rings is 1. The quantitative estimate of drug-likeness (QED) is 0.281. The molecule has 1 aromatic rings. The second-order valence-corrected chi connectivity index (χ2v) is 7.82. The molecule has 1 amide bonds. The molecule has 0 saturated carbocycles. The van der Waals surface area contributed by atoms with Gasteiger partial charge in [0, 0.05) is 19.6 Å². The number of aliphatic hydroxyl groups excluding tert-OH is 1. The predicted molar refractivity (Wildman–Crippen MR) is 113 cm³/mol. The molecule has 1 saturated heterocycles. The van der Waals surface area contributed by atoms with Crippen LogP contribution in [0.15, 0.2) is 30.2 Å². The average molecular weight is 496 g/mol. The first-order valence-corrected chi connectivity index (χ1v) is 10.4. The van der Waals surface area contributed by atoms with Crippen LogP contribution in [-0.4, -0.2) is 65.8 Å². The molecule has 1 fully saturated rings. The van der Waals surface area contributed by atoms with Gasteiger partial charge < -0.3 is 30.6 Å². The predicted octanol–water partition coefficient (Wildman–Crippen LogP) is 1.30. The lowest BCUT2D eigenvalue weighted by Crippen LogP contribution is -2.49. The fourth-order valence-corrected chi connectivity index (χ4v) is 3.45. The van der Waals surface area contributed by atoms with Gasteiger partial charge in [-0.15, -0.1) is 0 Å². The maximum absolute atomic E-state index is 12.8. The summed E-state index contributed by atoms with van der Waals surface area (Å²) in [7, 11) is 0. The summed E-state index contributed by atoms with van der Waals surface area (Å²) in [6, 6.07) is 2.58. The molecule has 14 heteroatoms. The van der Waals surface area contributed by atoms with Crippen molar-refractivity contribution in [3.05, 3.63) is 50.9 Å². The summed E-state index contributed by atoms with van der Waals surface area (Å²) < 4.78 is 44.1. The average Bonchev–Trinajstić information content (AvgIpc) is 2.73. The third-order valence-corrected chi connectivity index (χ3v) is 5.17. The Morgan fingerprint density at radius 3 is 2.64 bits per heavy atom. The van der Waals surface area contributed by atoms with E-state index in [0.29, 0.717) is 25.9 Å². The number of halogens is 4. The van der Waals surface area contributed by atoms with Crippen LogP contribution >= 0.6 is 11.6 Å². The maximum Gasteiger partial charge on any atom is 0.417 e. The van der Waals surface area contributed by atoms with Crippen LogP contribution in [0.3, 0.4) is 0 Å². The number of ether oxygens (including phenoxy) is 1. The first-order valence-electron chi connectivity index (χ1n) is 9.99. The van der Waals surface area contributed by atoms with Crippen LogP contribution in [-0.2, 0) is 11.0 Å². The molecule has 184 valence electrons. The zero-order chi connectivity index (χ0) is 24.6. The standard InChI is InChI=1S/C19H25ClF3N5O5/c20-16-7-14(1-2-15(16)19(21,22)23)33-13-3-5-27(6-4-13)10-18(30)26-12(11-29)8-25-9-17(24)28(31)32/h1-2,7,9,12-13,25,29H,3-6,8,10-11,24H2,(H,26,30)/b17-9+. The van der Waals surface area contributed by atoms with Crippen LogP contribution in [0.1, 0.15) is 18.4 Å². The second kappa shape index (κ2) is 11.9. The van der Waals surface area contributed by atoms with E-state index in [4.69, 9.17) is 22.1 Å². The minimum Gasteiger partial charge on any atom is -0.490 e. The van der Waals surface area contributed by atoms with E-state index in [2.05, 4.69) is 10.6 Å². The summed E-state index contributed by atoms with van der Waals surface area (Å²) in [5.74, 6) is -0.688. The number of hydrogen-bond donors (Lipinski definition) is 4. The Kier molecular flexibility index (Phi) is 9.56. The lowest BCUT2D eigenvalue weighted by molar-refractivity contribution is -0.426. The van der Waals surface area contributed by atoms with E-state index in [1.165, 1.54) is 6.07 Å². The second-order valence-electron chi connectivity index (χ2n) is 7.41. The molecule has 1 aromatic carbocycles. The number of nitrogens with one attached hydrogen (secondary N) is 2. The highest BCUT2D eigenvalue weighted by Crippen LogP contribution is 2.36.